The third kappa shape index (κ3) is 3.38. The van der Waals surface area contributed by atoms with Gasteiger partial charge in [-0.2, -0.15) is 0 Å². The molecule has 2 aromatic heterocycles. The molecule has 1 saturated carbocycles. The van der Waals surface area contributed by atoms with Gasteiger partial charge in [0.25, 0.3) is 0 Å². The number of thioether (sulfide) groups is 1. The molecule has 0 atom stereocenters. The molecule has 0 saturated heterocycles. The van der Waals surface area contributed by atoms with E-state index in [2.05, 4.69) is 15.2 Å². The molecule has 6 nitrogen and oxygen atoms in total. The van der Waals surface area contributed by atoms with E-state index in [1.165, 1.54) is 30.3 Å². The molecule has 0 N–H and O–H groups in total. The first-order chi connectivity index (χ1) is 12.6. The van der Waals surface area contributed by atoms with E-state index in [0.29, 0.717) is 21.7 Å². The lowest BCUT2D eigenvalue weighted by Gasteiger charge is -2.21. The molecule has 26 heavy (non-hydrogen) atoms. The van der Waals surface area contributed by atoms with E-state index in [9.17, 15) is 9.18 Å². The van der Waals surface area contributed by atoms with Crippen molar-refractivity contribution >= 4 is 39.8 Å². The molecule has 1 fully saturated rings. The molecular formula is C18H19FN4O2S. The Balaban J connectivity index is 1.49. The smallest absolute Gasteiger partial charge is 0.316 e. The summed E-state index contributed by atoms with van der Waals surface area (Å²) in [6.07, 6.45) is 5.41. The Hall–Kier alpha value is -2.22. The number of benzene rings is 1. The number of nitrogens with zero attached hydrogens (tertiary/aromatic N) is 4. The highest BCUT2D eigenvalue weighted by atomic mass is 32.2. The van der Waals surface area contributed by atoms with Gasteiger partial charge in [0.05, 0.1) is 11.3 Å². The van der Waals surface area contributed by atoms with Crippen LogP contribution in [0, 0.1) is 5.82 Å². The molecule has 0 spiro atoms. The molecule has 1 aliphatic carbocycles. The summed E-state index contributed by atoms with van der Waals surface area (Å²) in [5.41, 5.74) is 2.00. The molecule has 1 aromatic carbocycles. The van der Waals surface area contributed by atoms with Crippen LogP contribution < -0.4 is 0 Å². The SMILES string of the molecule is Cn1c2ccc(F)cc2c2nnc(SCC(=O)OC3CCCCC3)nc21. The number of fused-ring (bicyclic) bond motifs is 3. The molecule has 0 radical (unpaired) electrons. The van der Waals surface area contributed by atoms with Gasteiger partial charge in [-0.25, -0.2) is 9.37 Å². The lowest BCUT2D eigenvalue weighted by Crippen LogP contribution is -2.22. The van der Waals surface area contributed by atoms with Crippen LogP contribution in [-0.4, -0.2) is 37.6 Å². The molecule has 4 rings (SSSR count). The van der Waals surface area contributed by atoms with Crippen molar-refractivity contribution in [2.45, 2.75) is 43.4 Å². The van der Waals surface area contributed by atoms with Gasteiger partial charge in [0.2, 0.25) is 5.16 Å². The van der Waals surface area contributed by atoms with Crippen molar-refractivity contribution < 1.29 is 13.9 Å². The minimum absolute atomic E-state index is 0.0476. The highest BCUT2D eigenvalue weighted by Crippen LogP contribution is 2.27. The Morgan fingerprint density at radius 2 is 2.12 bits per heavy atom. The van der Waals surface area contributed by atoms with Gasteiger partial charge in [0.1, 0.15) is 17.4 Å². The van der Waals surface area contributed by atoms with Crippen LogP contribution in [-0.2, 0) is 16.6 Å². The number of hydrogen-bond acceptors (Lipinski definition) is 6. The number of aromatic nitrogens is 4. The highest BCUT2D eigenvalue weighted by Gasteiger charge is 2.19. The maximum absolute atomic E-state index is 13.5. The minimum atomic E-state index is -0.323. The second-order valence-electron chi connectivity index (χ2n) is 6.53. The van der Waals surface area contributed by atoms with Crippen LogP contribution in [0.5, 0.6) is 0 Å². The standard InChI is InChI=1S/C18H19FN4O2S/c1-23-14-8-7-11(19)9-13(14)16-17(23)20-18(22-21-16)26-10-15(24)25-12-5-3-2-4-6-12/h7-9,12H,2-6,10H2,1H3. The van der Waals surface area contributed by atoms with Gasteiger partial charge in [-0.15, -0.1) is 10.2 Å². The molecular weight excluding hydrogens is 355 g/mol. The molecule has 3 aromatic rings. The normalized spacial score (nSPS) is 15.6. The van der Waals surface area contributed by atoms with E-state index >= 15 is 0 Å². The van der Waals surface area contributed by atoms with Crippen molar-refractivity contribution in [1.82, 2.24) is 19.7 Å². The Morgan fingerprint density at radius 3 is 2.92 bits per heavy atom. The lowest BCUT2D eigenvalue weighted by atomic mass is 9.98. The summed E-state index contributed by atoms with van der Waals surface area (Å²) in [5, 5.41) is 9.35. The highest BCUT2D eigenvalue weighted by molar-refractivity contribution is 7.99. The Morgan fingerprint density at radius 1 is 1.31 bits per heavy atom. The number of halogens is 1. The van der Waals surface area contributed by atoms with Crippen LogP contribution in [0.4, 0.5) is 4.39 Å². The van der Waals surface area contributed by atoms with Crippen molar-refractivity contribution in [2.24, 2.45) is 7.05 Å². The topological polar surface area (TPSA) is 69.9 Å². The van der Waals surface area contributed by atoms with Crippen molar-refractivity contribution in [1.29, 1.82) is 0 Å². The summed E-state index contributed by atoms with van der Waals surface area (Å²) < 4.78 is 20.9. The van der Waals surface area contributed by atoms with Crippen molar-refractivity contribution in [3.63, 3.8) is 0 Å². The maximum atomic E-state index is 13.5. The lowest BCUT2D eigenvalue weighted by molar-refractivity contribution is -0.147. The minimum Gasteiger partial charge on any atom is -0.462 e. The van der Waals surface area contributed by atoms with E-state index in [-0.39, 0.29) is 23.6 Å². The van der Waals surface area contributed by atoms with Gasteiger partial charge in [0.15, 0.2) is 5.65 Å². The summed E-state index contributed by atoms with van der Waals surface area (Å²) in [6, 6.07) is 4.54. The fourth-order valence-electron chi connectivity index (χ4n) is 3.40. The molecule has 0 amide bonds. The van der Waals surface area contributed by atoms with Crippen LogP contribution in [0.3, 0.4) is 0 Å². The first-order valence-corrected chi connectivity index (χ1v) is 9.71. The van der Waals surface area contributed by atoms with Gasteiger partial charge in [-0.3, -0.25) is 4.79 Å². The number of carbonyl (C=O) groups excluding carboxylic acids is 1. The van der Waals surface area contributed by atoms with Crippen LogP contribution in [0.2, 0.25) is 0 Å². The van der Waals surface area contributed by atoms with E-state index in [4.69, 9.17) is 4.74 Å². The predicted molar refractivity (Wildman–Crippen MR) is 97.5 cm³/mol. The van der Waals surface area contributed by atoms with Crippen molar-refractivity contribution in [3.8, 4) is 0 Å². The Labute approximate surface area is 154 Å². The first kappa shape index (κ1) is 17.2. The Bertz CT molecular complexity index is 969. The zero-order valence-corrected chi connectivity index (χ0v) is 15.3. The van der Waals surface area contributed by atoms with Gasteiger partial charge in [-0.05, 0) is 43.9 Å². The van der Waals surface area contributed by atoms with Gasteiger partial charge >= 0.3 is 5.97 Å². The van der Waals surface area contributed by atoms with E-state index in [1.54, 1.807) is 6.07 Å². The quantitative estimate of drug-likeness (QED) is 0.513. The summed E-state index contributed by atoms with van der Waals surface area (Å²) in [7, 11) is 1.85. The molecule has 0 aliphatic heterocycles. The summed E-state index contributed by atoms with van der Waals surface area (Å²) in [4.78, 5) is 16.5. The average Bonchev–Trinajstić information content (AvgIpc) is 2.92. The van der Waals surface area contributed by atoms with Gasteiger partial charge in [0, 0.05) is 12.4 Å². The summed E-state index contributed by atoms with van der Waals surface area (Å²) in [5.74, 6) is -0.414. The number of rotatable bonds is 4. The van der Waals surface area contributed by atoms with Gasteiger partial charge in [-0.1, -0.05) is 18.2 Å². The number of esters is 1. The zero-order valence-electron chi connectivity index (χ0n) is 14.4. The Kier molecular flexibility index (Phi) is 4.76. The monoisotopic (exact) mass is 374 g/mol. The van der Waals surface area contributed by atoms with Gasteiger partial charge < -0.3 is 9.30 Å². The predicted octanol–water partition coefficient (Wildman–Crippen LogP) is 3.62. The largest absolute Gasteiger partial charge is 0.462 e. The van der Waals surface area contributed by atoms with Crippen LogP contribution >= 0.6 is 11.8 Å². The third-order valence-electron chi connectivity index (χ3n) is 4.71. The van der Waals surface area contributed by atoms with Crippen LogP contribution in [0.1, 0.15) is 32.1 Å². The second kappa shape index (κ2) is 7.19. The van der Waals surface area contributed by atoms with E-state index < -0.39 is 0 Å². The number of carbonyl (C=O) groups is 1. The number of aryl methyl sites for hydroxylation is 1. The average molecular weight is 374 g/mol. The molecule has 0 unspecified atom stereocenters. The fourth-order valence-corrected chi connectivity index (χ4v) is 3.97. The fraction of sp³-hybridized carbons (Fsp3) is 0.444. The van der Waals surface area contributed by atoms with Crippen LogP contribution in [0.15, 0.2) is 23.4 Å². The van der Waals surface area contributed by atoms with Crippen LogP contribution in [0.25, 0.3) is 22.1 Å². The number of ether oxygens (including phenoxy) is 1. The first-order valence-electron chi connectivity index (χ1n) is 8.72. The van der Waals surface area contributed by atoms with Crippen molar-refractivity contribution in [2.75, 3.05) is 5.75 Å². The number of hydrogen-bond donors (Lipinski definition) is 0. The van der Waals surface area contributed by atoms with E-state index in [0.717, 1.165) is 31.2 Å². The third-order valence-corrected chi connectivity index (χ3v) is 5.52. The van der Waals surface area contributed by atoms with E-state index in [1.807, 2.05) is 11.6 Å². The summed E-state index contributed by atoms with van der Waals surface area (Å²) in [6.45, 7) is 0. The van der Waals surface area contributed by atoms with Crippen molar-refractivity contribution in [3.05, 3.63) is 24.0 Å². The molecule has 8 heteroatoms. The summed E-state index contributed by atoms with van der Waals surface area (Å²) >= 11 is 1.21. The second-order valence-corrected chi connectivity index (χ2v) is 7.47. The molecule has 0 bridgehead atoms. The molecule has 2 heterocycles. The molecule has 1 aliphatic rings. The molecule has 136 valence electrons. The zero-order chi connectivity index (χ0) is 18.1. The maximum Gasteiger partial charge on any atom is 0.316 e.